The topological polar surface area (TPSA) is 17.1 Å². The number of aldehydes is 1. The van der Waals surface area contributed by atoms with Gasteiger partial charge in [0.25, 0.3) is 0 Å². The Kier molecular flexibility index (Phi) is 11.2. The highest BCUT2D eigenvalue weighted by atomic mass is 32.2. The number of hydrogen-bond acceptors (Lipinski definition) is 2. The minimum atomic E-state index is 0.875. The van der Waals surface area contributed by atoms with Crippen molar-refractivity contribution in [3.05, 3.63) is 29.3 Å². The number of hydrogen-bond donors (Lipinski definition) is 0. The zero-order valence-corrected chi connectivity index (χ0v) is 15.2. The van der Waals surface area contributed by atoms with Crippen LogP contribution in [0.5, 0.6) is 0 Å². The molecule has 1 nitrogen and oxygen atoms in total. The maximum absolute atomic E-state index is 11.1. The maximum Gasteiger partial charge on any atom is 0.151 e. The summed E-state index contributed by atoms with van der Waals surface area (Å²) in [5.41, 5.74) is 1.96. The zero-order chi connectivity index (χ0) is 16.0. The predicted molar refractivity (Wildman–Crippen MR) is 99.1 cm³/mol. The quantitative estimate of drug-likeness (QED) is 0.225. The van der Waals surface area contributed by atoms with Gasteiger partial charge in [0.05, 0.1) is 0 Å². The van der Waals surface area contributed by atoms with E-state index < -0.39 is 0 Å². The highest BCUT2D eigenvalue weighted by molar-refractivity contribution is 7.99. The van der Waals surface area contributed by atoms with Crippen LogP contribution >= 0.6 is 11.8 Å². The van der Waals surface area contributed by atoms with E-state index in [1.807, 2.05) is 30.8 Å². The van der Waals surface area contributed by atoms with Crippen molar-refractivity contribution in [3.8, 4) is 0 Å². The Labute approximate surface area is 141 Å². The predicted octanol–water partition coefficient (Wildman–Crippen LogP) is 6.82. The van der Waals surface area contributed by atoms with Crippen LogP contribution < -0.4 is 0 Å². The number of thioether (sulfide) groups is 1. The van der Waals surface area contributed by atoms with E-state index in [-0.39, 0.29) is 0 Å². The molecule has 0 bridgehead atoms. The summed E-state index contributed by atoms with van der Waals surface area (Å²) in [6.07, 6.45) is 14.7. The molecule has 0 radical (unpaired) electrons. The van der Waals surface area contributed by atoms with Crippen LogP contribution in [0, 0.1) is 6.92 Å². The zero-order valence-electron chi connectivity index (χ0n) is 14.4. The van der Waals surface area contributed by atoms with Crippen molar-refractivity contribution >= 4 is 18.0 Å². The lowest BCUT2D eigenvalue weighted by molar-refractivity contribution is 0.112. The molecule has 0 aromatic heterocycles. The average molecular weight is 321 g/mol. The molecular formula is C20H32OS. The number of benzene rings is 1. The Morgan fingerprint density at radius 1 is 0.909 bits per heavy atom. The molecule has 0 N–H and O–H groups in total. The van der Waals surface area contributed by atoms with E-state index in [1.54, 1.807) is 0 Å². The first-order chi connectivity index (χ1) is 10.8. The van der Waals surface area contributed by atoms with E-state index in [1.165, 1.54) is 64.2 Å². The second kappa shape index (κ2) is 12.8. The first-order valence-electron chi connectivity index (χ1n) is 8.97. The minimum Gasteiger partial charge on any atom is -0.298 e. The van der Waals surface area contributed by atoms with Crippen LogP contribution in [0.2, 0.25) is 0 Å². The highest BCUT2D eigenvalue weighted by Gasteiger charge is 2.04. The summed E-state index contributed by atoms with van der Waals surface area (Å²) in [4.78, 5) is 12.3. The highest BCUT2D eigenvalue weighted by Crippen LogP contribution is 2.25. The lowest BCUT2D eigenvalue weighted by Gasteiger charge is -2.07. The van der Waals surface area contributed by atoms with E-state index in [2.05, 4.69) is 13.0 Å². The summed E-state index contributed by atoms with van der Waals surface area (Å²) < 4.78 is 0. The summed E-state index contributed by atoms with van der Waals surface area (Å²) in [7, 11) is 0. The van der Waals surface area contributed by atoms with Gasteiger partial charge in [0.1, 0.15) is 0 Å². The molecule has 0 spiro atoms. The Bertz CT molecular complexity index is 414. The van der Waals surface area contributed by atoms with E-state index in [9.17, 15) is 4.79 Å². The van der Waals surface area contributed by atoms with E-state index in [0.717, 1.165) is 28.1 Å². The molecule has 0 atom stereocenters. The standard InChI is InChI=1S/C20H32OS/c1-3-4-5-6-7-8-9-10-11-12-16-22-20-15-13-14-18(2)19(20)17-21/h13-15,17H,3-12,16H2,1-2H3. The van der Waals surface area contributed by atoms with Gasteiger partial charge in [0, 0.05) is 10.5 Å². The van der Waals surface area contributed by atoms with Crippen molar-refractivity contribution in [2.75, 3.05) is 5.75 Å². The molecule has 0 aliphatic heterocycles. The summed E-state index contributed by atoms with van der Waals surface area (Å²) >= 11 is 1.83. The second-order valence-electron chi connectivity index (χ2n) is 6.14. The van der Waals surface area contributed by atoms with Gasteiger partial charge in [-0.1, -0.05) is 76.8 Å². The van der Waals surface area contributed by atoms with Crippen LogP contribution in [-0.2, 0) is 0 Å². The van der Waals surface area contributed by atoms with Gasteiger partial charge in [-0.25, -0.2) is 0 Å². The molecule has 0 aliphatic carbocycles. The molecule has 124 valence electrons. The molecule has 0 heterocycles. The van der Waals surface area contributed by atoms with Crippen molar-refractivity contribution in [1.82, 2.24) is 0 Å². The Morgan fingerprint density at radius 2 is 1.50 bits per heavy atom. The van der Waals surface area contributed by atoms with Crippen molar-refractivity contribution in [1.29, 1.82) is 0 Å². The van der Waals surface area contributed by atoms with Crippen molar-refractivity contribution in [2.24, 2.45) is 0 Å². The normalized spacial score (nSPS) is 10.8. The van der Waals surface area contributed by atoms with Gasteiger partial charge in [-0.15, -0.1) is 11.8 Å². The fraction of sp³-hybridized carbons (Fsp3) is 0.650. The van der Waals surface area contributed by atoms with Gasteiger partial charge in [0.2, 0.25) is 0 Å². The maximum atomic E-state index is 11.1. The number of unbranched alkanes of at least 4 members (excludes halogenated alkanes) is 9. The van der Waals surface area contributed by atoms with Crippen LogP contribution in [0.15, 0.2) is 23.1 Å². The van der Waals surface area contributed by atoms with Gasteiger partial charge in [-0.3, -0.25) is 4.79 Å². The number of carbonyl (C=O) groups excluding carboxylic acids is 1. The van der Waals surface area contributed by atoms with Crippen LogP contribution in [0.4, 0.5) is 0 Å². The van der Waals surface area contributed by atoms with Crippen LogP contribution in [-0.4, -0.2) is 12.0 Å². The van der Waals surface area contributed by atoms with Crippen LogP contribution in [0.25, 0.3) is 0 Å². The molecule has 0 amide bonds. The average Bonchev–Trinajstić information content (AvgIpc) is 2.52. The molecule has 0 saturated carbocycles. The van der Waals surface area contributed by atoms with E-state index in [0.29, 0.717) is 0 Å². The molecule has 0 saturated heterocycles. The summed E-state index contributed by atoms with van der Waals surface area (Å²) in [6.45, 7) is 4.28. The fourth-order valence-corrected chi connectivity index (χ4v) is 3.81. The third kappa shape index (κ3) is 8.03. The number of carbonyl (C=O) groups is 1. The molecule has 1 aromatic rings. The van der Waals surface area contributed by atoms with E-state index >= 15 is 0 Å². The summed E-state index contributed by atoms with van der Waals surface area (Å²) in [5, 5.41) is 0. The van der Waals surface area contributed by atoms with Gasteiger partial charge >= 0.3 is 0 Å². The first-order valence-corrected chi connectivity index (χ1v) is 9.95. The van der Waals surface area contributed by atoms with Crippen LogP contribution in [0.3, 0.4) is 0 Å². The minimum absolute atomic E-state index is 0.875. The Balaban J connectivity index is 2.02. The summed E-state index contributed by atoms with van der Waals surface area (Å²) in [5.74, 6) is 1.13. The molecule has 0 unspecified atom stereocenters. The number of aryl methyl sites for hydroxylation is 1. The van der Waals surface area contributed by atoms with Crippen LogP contribution in [0.1, 0.15) is 87.1 Å². The third-order valence-corrected chi connectivity index (χ3v) is 5.32. The molecule has 22 heavy (non-hydrogen) atoms. The van der Waals surface area contributed by atoms with Gasteiger partial charge in [-0.2, -0.15) is 0 Å². The lowest BCUT2D eigenvalue weighted by Crippen LogP contribution is -1.91. The third-order valence-electron chi connectivity index (χ3n) is 4.16. The van der Waals surface area contributed by atoms with Crippen molar-refractivity contribution in [2.45, 2.75) is 83.0 Å². The molecule has 0 aliphatic rings. The molecule has 0 fully saturated rings. The van der Waals surface area contributed by atoms with Gasteiger partial charge in [0.15, 0.2) is 6.29 Å². The monoisotopic (exact) mass is 320 g/mol. The Morgan fingerprint density at radius 3 is 2.09 bits per heavy atom. The molecule has 1 aromatic carbocycles. The smallest absolute Gasteiger partial charge is 0.151 e. The summed E-state index contributed by atoms with van der Waals surface area (Å²) in [6, 6.07) is 6.12. The fourth-order valence-electron chi connectivity index (χ4n) is 2.70. The number of rotatable bonds is 13. The van der Waals surface area contributed by atoms with Gasteiger partial charge in [-0.05, 0) is 30.7 Å². The SMILES string of the molecule is CCCCCCCCCCCCSc1cccc(C)c1C=O. The van der Waals surface area contributed by atoms with Gasteiger partial charge < -0.3 is 0 Å². The second-order valence-corrected chi connectivity index (χ2v) is 7.27. The largest absolute Gasteiger partial charge is 0.298 e. The lowest BCUT2D eigenvalue weighted by atomic mass is 10.1. The molecular weight excluding hydrogens is 288 g/mol. The van der Waals surface area contributed by atoms with Crippen molar-refractivity contribution in [3.63, 3.8) is 0 Å². The molecule has 2 heteroatoms. The molecule has 1 rings (SSSR count). The first kappa shape index (κ1) is 19.3. The Hall–Kier alpha value is -0.760. The van der Waals surface area contributed by atoms with E-state index in [4.69, 9.17) is 0 Å². The van der Waals surface area contributed by atoms with Crippen molar-refractivity contribution < 1.29 is 4.79 Å².